The van der Waals surface area contributed by atoms with E-state index in [-0.39, 0.29) is 5.91 Å². The summed E-state index contributed by atoms with van der Waals surface area (Å²) < 4.78 is 10.8. The van der Waals surface area contributed by atoms with Gasteiger partial charge in [0.05, 0.1) is 14.2 Å². The maximum absolute atomic E-state index is 11.6. The van der Waals surface area contributed by atoms with Gasteiger partial charge in [-0.15, -0.1) is 0 Å². The molecule has 5 nitrogen and oxygen atoms in total. The summed E-state index contributed by atoms with van der Waals surface area (Å²) in [6.45, 7) is 5.41. The lowest BCUT2D eigenvalue weighted by atomic mass is 10.0. The highest BCUT2D eigenvalue weighted by molar-refractivity contribution is 5.75. The summed E-state index contributed by atoms with van der Waals surface area (Å²) in [7, 11) is 3.33. The summed E-state index contributed by atoms with van der Waals surface area (Å²) in [6.07, 6.45) is 2.52. The molecule has 2 rings (SSSR count). The van der Waals surface area contributed by atoms with Crippen LogP contribution in [0.1, 0.15) is 24.5 Å². The average molecular weight is 306 g/mol. The maximum Gasteiger partial charge on any atom is 0.221 e. The predicted molar refractivity (Wildman–Crippen MR) is 86.7 cm³/mol. The first-order valence-corrected chi connectivity index (χ1v) is 7.90. The Morgan fingerprint density at radius 2 is 1.68 bits per heavy atom. The summed E-state index contributed by atoms with van der Waals surface area (Å²) >= 11 is 0. The Bertz CT molecular complexity index is 482. The van der Waals surface area contributed by atoms with Gasteiger partial charge in [0.2, 0.25) is 5.91 Å². The third-order valence-electron chi connectivity index (χ3n) is 4.13. The highest BCUT2D eigenvalue weighted by Crippen LogP contribution is 2.32. The Morgan fingerprint density at radius 1 is 1.14 bits per heavy atom. The van der Waals surface area contributed by atoms with Gasteiger partial charge in [0.1, 0.15) is 0 Å². The van der Waals surface area contributed by atoms with Crippen LogP contribution in [-0.2, 0) is 17.6 Å². The molecular weight excluding hydrogens is 280 g/mol. The van der Waals surface area contributed by atoms with E-state index in [2.05, 4.69) is 22.3 Å². The number of amides is 1. The monoisotopic (exact) mass is 306 g/mol. The van der Waals surface area contributed by atoms with E-state index in [0.717, 1.165) is 44.0 Å². The van der Waals surface area contributed by atoms with Crippen molar-refractivity contribution in [1.29, 1.82) is 0 Å². The van der Waals surface area contributed by atoms with Gasteiger partial charge in [-0.25, -0.2) is 0 Å². The second-order valence-corrected chi connectivity index (χ2v) is 5.52. The number of rotatable bonds is 6. The van der Waals surface area contributed by atoms with Crippen LogP contribution in [0.3, 0.4) is 0 Å². The topological polar surface area (TPSA) is 50.8 Å². The third-order valence-corrected chi connectivity index (χ3v) is 4.13. The first kappa shape index (κ1) is 16.6. The second kappa shape index (κ2) is 8.03. The number of carbonyl (C=O) groups is 1. The van der Waals surface area contributed by atoms with Crippen molar-refractivity contribution in [2.45, 2.75) is 26.2 Å². The molecule has 0 saturated heterocycles. The van der Waals surface area contributed by atoms with E-state index >= 15 is 0 Å². The summed E-state index contributed by atoms with van der Waals surface area (Å²) in [6, 6.07) is 4.17. The molecule has 122 valence electrons. The van der Waals surface area contributed by atoms with Crippen molar-refractivity contribution in [1.82, 2.24) is 10.2 Å². The number of carbonyl (C=O) groups excluding carboxylic acids is 1. The van der Waals surface area contributed by atoms with E-state index < -0.39 is 0 Å². The summed E-state index contributed by atoms with van der Waals surface area (Å²) in [5.74, 6) is 1.71. The van der Waals surface area contributed by atoms with Crippen molar-refractivity contribution in [3.63, 3.8) is 0 Å². The van der Waals surface area contributed by atoms with Gasteiger partial charge in [0, 0.05) is 32.6 Å². The number of nitrogens with one attached hydrogen (secondary N) is 1. The van der Waals surface area contributed by atoms with Gasteiger partial charge in [-0.05, 0) is 43.0 Å². The number of hydrogen-bond acceptors (Lipinski definition) is 4. The zero-order valence-corrected chi connectivity index (χ0v) is 13.8. The van der Waals surface area contributed by atoms with Crippen LogP contribution in [0.15, 0.2) is 12.1 Å². The van der Waals surface area contributed by atoms with E-state index in [1.165, 1.54) is 11.1 Å². The fraction of sp³-hybridized carbons (Fsp3) is 0.588. The predicted octanol–water partition coefficient (Wildman–Crippen LogP) is 1.63. The highest BCUT2D eigenvalue weighted by atomic mass is 16.5. The van der Waals surface area contributed by atoms with E-state index in [1.807, 2.05) is 6.92 Å². The molecular formula is C17H26N2O3. The molecule has 0 fully saturated rings. The summed E-state index contributed by atoms with van der Waals surface area (Å²) in [4.78, 5) is 13.9. The Morgan fingerprint density at radius 3 is 2.14 bits per heavy atom. The van der Waals surface area contributed by atoms with Crippen LogP contribution in [0, 0.1) is 0 Å². The fourth-order valence-corrected chi connectivity index (χ4v) is 2.87. The molecule has 22 heavy (non-hydrogen) atoms. The quantitative estimate of drug-likeness (QED) is 0.868. The van der Waals surface area contributed by atoms with Gasteiger partial charge >= 0.3 is 0 Å². The molecule has 0 spiro atoms. The molecule has 0 saturated carbocycles. The summed E-state index contributed by atoms with van der Waals surface area (Å²) in [5, 5.41) is 2.85. The van der Waals surface area contributed by atoms with Crippen LogP contribution in [-0.4, -0.2) is 51.2 Å². The third kappa shape index (κ3) is 4.13. The van der Waals surface area contributed by atoms with E-state index in [1.54, 1.807) is 14.2 Å². The number of nitrogens with zero attached hydrogens (tertiary/aromatic N) is 1. The molecule has 5 heteroatoms. The lowest BCUT2D eigenvalue weighted by Crippen LogP contribution is -2.32. The Balaban J connectivity index is 1.99. The van der Waals surface area contributed by atoms with Gasteiger partial charge in [-0.2, -0.15) is 0 Å². The second-order valence-electron chi connectivity index (χ2n) is 5.52. The first-order valence-electron chi connectivity index (χ1n) is 7.90. The van der Waals surface area contributed by atoms with Crippen LogP contribution in [0.25, 0.3) is 0 Å². The van der Waals surface area contributed by atoms with Crippen LogP contribution < -0.4 is 14.8 Å². The number of ether oxygens (including phenoxy) is 2. The zero-order valence-electron chi connectivity index (χ0n) is 13.8. The molecule has 1 aliphatic rings. The molecule has 1 amide bonds. The minimum Gasteiger partial charge on any atom is -0.493 e. The van der Waals surface area contributed by atoms with Gasteiger partial charge in [-0.3, -0.25) is 4.79 Å². The molecule has 0 unspecified atom stereocenters. The molecule has 0 atom stereocenters. The van der Waals surface area contributed by atoms with Crippen LogP contribution >= 0.6 is 0 Å². The zero-order chi connectivity index (χ0) is 15.9. The average Bonchev–Trinajstić information content (AvgIpc) is 2.73. The molecule has 0 radical (unpaired) electrons. The van der Waals surface area contributed by atoms with Crippen LogP contribution in [0.5, 0.6) is 11.5 Å². The fourth-order valence-electron chi connectivity index (χ4n) is 2.87. The van der Waals surface area contributed by atoms with Gasteiger partial charge in [0.15, 0.2) is 11.5 Å². The van der Waals surface area contributed by atoms with Crippen molar-refractivity contribution < 1.29 is 14.3 Å². The lowest BCUT2D eigenvalue weighted by molar-refractivity contribution is -0.121. The molecule has 0 aromatic heterocycles. The minimum atomic E-state index is 0.132. The van der Waals surface area contributed by atoms with Crippen molar-refractivity contribution in [2.24, 2.45) is 0 Å². The van der Waals surface area contributed by atoms with Gasteiger partial charge < -0.3 is 19.7 Å². The molecule has 1 N–H and O–H groups in total. The molecule has 1 aromatic carbocycles. The van der Waals surface area contributed by atoms with Crippen LogP contribution in [0.4, 0.5) is 0 Å². The Hall–Kier alpha value is -1.75. The van der Waals surface area contributed by atoms with E-state index in [0.29, 0.717) is 13.0 Å². The van der Waals surface area contributed by atoms with Gasteiger partial charge in [-0.1, -0.05) is 0 Å². The SMILES string of the molecule is CCNC(=O)CCN1CCc2cc(OC)c(OC)cc2CC1. The van der Waals surface area contributed by atoms with Crippen LogP contribution in [0.2, 0.25) is 0 Å². The van der Waals surface area contributed by atoms with E-state index in [9.17, 15) is 4.79 Å². The number of methoxy groups -OCH3 is 2. The number of benzene rings is 1. The van der Waals surface area contributed by atoms with E-state index in [4.69, 9.17) is 9.47 Å². The Kier molecular flexibility index (Phi) is 6.07. The first-order chi connectivity index (χ1) is 10.7. The number of fused-ring (bicyclic) bond motifs is 1. The normalized spacial score (nSPS) is 14.9. The molecule has 0 aliphatic carbocycles. The standard InChI is InChI=1S/C17H26N2O3/c1-4-18-17(20)7-10-19-8-5-13-11-15(21-2)16(22-3)12-14(13)6-9-19/h11-12H,4-10H2,1-3H3,(H,18,20). The minimum absolute atomic E-state index is 0.132. The molecule has 0 bridgehead atoms. The number of hydrogen-bond donors (Lipinski definition) is 1. The van der Waals surface area contributed by atoms with Crippen molar-refractivity contribution >= 4 is 5.91 Å². The summed E-state index contributed by atoms with van der Waals surface area (Å²) in [5.41, 5.74) is 2.64. The molecule has 1 aromatic rings. The van der Waals surface area contributed by atoms with Crippen molar-refractivity contribution in [3.8, 4) is 11.5 Å². The molecule has 1 aliphatic heterocycles. The van der Waals surface area contributed by atoms with Crippen molar-refractivity contribution in [2.75, 3.05) is 40.4 Å². The van der Waals surface area contributed by atoms with Crippen molar-refractivity contribution in [3.05, 3.63) is 23.3 Å². The largest absolute Gasteiger partial charge is 0.493 e. The van der Waals surface area contributed by atoms with Gasteiger partial charge in [0.25, 0.3) is 0 Å². The lowest BCUT2D eigenvalue weighted by Gasteiger charge is -2.19. The Labute approximate surface area is 132 Å². The maximum atomic E-state index is 11.6. The highest BCUT2D eigenvalue weighted by Gasteiger charge is 2.17. The smallest absolute Gasteiger partial charge is 0.221 e. The molecule has 1 heterocycles.